The summed E-state index contributed by atoms with van der Waals surface area (Å²) in [6, 6.07) is 0. The lowest BCUT2D eigenvalue weighted by atomic mass is 10.3. The highest BCUT2D eigenvalue weighted by Crippen LogP contribution is 2.04. The van der Waals surface area contributed by atoms with Crippen LogP contribution in [0.1, 0.15) is 13.3 Å². The van der Waals surface area contributed by atoms with Gasteiger partial charge in [-0.15, -0.1) is 0 Å². The zero-order valence-electron chi connectivity index (χ0n) is 7.95. The number of nitrogens with zero attached hydrogens (tertiary/aromatic N) is 1. The largest absolute Gasteiger partial charge is 0.376 e. The number of ether oxygens (including phenoxy) is 1. The highest BCUT2D eigenvalue weighted by molar-refractivity contribution is 5.75. The fourth-order valence-electron chi connectivity index (χ4n) is 1.43. The molecular formula is C8H17N3O2. The molecule has 1 aliphatic heterocycles. The van der Waals surface area contributed by atoms with Crippen LogP contribution < -0.4 is 11.3 Å². The molecule has 0 aromatic carbocycles. The second-order valence-electron chi connectivity index (χ2n) is 3.30. The van der Waals surface area contributed by atoms with Gasteiger partial charge in [-0.05, 0) is 6.92 Å². The molecule has 1 fully saturated rings. The van der Waals surface area contributed by atoms with E-state index >= 15 is 0 Å². The van der Waals surface area contributed by atoms with Crippen LogP contribution in [-0.2, 0) is 9.53 Å². The number of hydrazine groups is 1. The third-order valence-corrected chi connectivity index (χ3v) is 2.14. The number of nitrogens with one attached hydrogen (secondary N) is 1. The number of carbonyl (C=O) groups is 1. The molecular weight excluding hydrogens is 170 g/mol. The van der Waals surface area contributed by atoms with Crippen molar-refractivity contribution < 1.29 is 9.53 Å². The Labute approximate surface area is 78.2 Å². The van der Waals surface area contributed by atoms with Crippen LogP contribution in [0.4, 0.5) is 0 Å². The van der Waals surface area contributed by atoms with Crippen molar-refractivity contribution in [3.63, 3.8) is 0 Å². The highest BCUT2D eigenvalue weighted by Gasteiger charge is 2.16. The third-order valence-electron chi connectivity index (χ3n) is 2.14. The molecule has 1 aliphatic rings. The van der Waals surface area contributed by atoms with Crippen molar-refractivity contribution in [1.29, 1.82) is 0 Å². The van der Waals surface area contributed by atoms with Gasteiger partial charge in [-0.25, -0.2) is 5.84 Å². The van der Waals surface area contributed by atoms with Crippen LogP contribution in [0.5, 0.6) is 0 Å². The van der Waals surface area contributed by atoms with Gasteiger partial charge in [0.1, 0.15) is 0 Å². The fraction of sp³-hybridized carbons (Fsp3) is 0.875. The minimum absolute atomic E-state index is 0.112. The Morgan fingerprint density at radius 1 is 1.77 bits per heavy atom. The van der Waals surface area contributed by atoms with Gasteiger partial charge in [-0.2, -0.15) is 0 Å². The van der Waals surface area contributed by atoms with Crippen LogP contribution in [0.15, 0.2) is 0 Å². The molecule has 5 heteroatoms. The lowest BCUT2D eigenvalue weighted by Gasteiger charge is -2.30. The maximum Gasteiger partial charge on any atom is 0.235 e. The first-order chi connectivity index (χ1) is 6.22. The molecule has 0 aromatic rings. The van der Waals surface area contributed by atoms with Gasteiger partial charge in [0.05, 0.1) is 12.7 Å². The van der Waals surface area contributed by atoms with Crippen LogP contribution in [0.3, 0.4) is 0 Å². The summed E-state index contributed by atoms with van der Waals surface area (Å²) < 4.78 is 5.37. The van der Waals surface area contributed by atoms with E-state index in [1.807, 2.05) is 6.92 Å². The Balaban J connectivity index is 2.17. The summed E-state index contributed by atoms with van der Waals surface area (Å²) in [5, 5.41) is 0. The second-order valence-corrected chi connectivity index (χ2v) is 3.30. The molecule has 0 aromatic heterocycles. The van der Waals surface area contributed by atoms with Crippen LogP contribution in [0, 0.1) is 0 Å². The van der Waals surface area contributed by atoms with Gasteiger partial charge >= 0.3 is 0 Å². The first-order valence-corrected chi connectivity index (χ1v) is 4.56. The Morgan fingerprint density at radius 2 is 2.54 bits per heavy atom. The summed E-state index contributed by atoms with van der Waals surface area (Å²) in [7, 11) is 0. The topological polar surface area (TPSA) is 67.6 Å². The Morgan fingerprint density at radius 3 is 3.15 bits per heavy atom. The van der Waals surface area contributed by atoms with E-state index in [9.17, 15) is 4.79 Å². The van der Waals surface area contributed by atoms with Crippen molar-refractivity contribution >= 4 is 5.91 Å². The molecule has 1 rings (SSSR count). The van der Waals surface area contributed by atoms with Crippen molar-refractivity contribution in [3.05, 3.63) is 0 Å². The first-order valence-electron chi connectivity index (χ1n) is 4.56. The van der Waals surface area contributed by atoms with Gasteiger partial charge in [0.25, 0.3) is 0 Å². The monoisotopic (exact) mass is 187 g/mol. The van der Waals surface area contributed by atoms with Crippen LogP contribution in [0.2, 0.25) is 0 Å². The molecule has 1 heterocycles. The maximum atomic E-state index is 10.8. The summed E-state index contributed by atoms with van der Waals surface area (Å²) >= 11 is 0. The highest BCUT2D eigenvalue weighted by atomic mass is 16.5. The zero-order valence-corrected chi connectivity index (χ0v) is 7.95. The van der Waals surface area contributed by atoms with Gasteiger partial charge in [-0.3, -0.25) is 15.1 Å². The lowest BCUT2D eigenvalue weighted by Crippen LogP contribution is -2.43. The first kappa shape index (κ1) is 10.4. The van der Waals surface area contributed by atoms with E-state index in [2.05, 4.69) is 10.3 Å². The summed E-state index contributed by atoms with van der Waals surface area (Å²) in [5.74, 6) is 4.86. The van der Waals surface area contributed by atoms with E-state index in [1.165, 1.54) is 0 Å². The summed E-state index contributed by atoms with van der Waals surface area (Å²) in [5.41, 5.74) is 2.12. The predicted molar refractivity (Wildman–Crippen MR) is 48.8 cm³/mol. The number of nitrogens with two attached hydrogens (primary N) is 1. The lowest BCUT2D eigenvalue weighted by molar-refractivity contribution is -0.121. The van der Waals surface area contributed by atoms with Gasteiger partial charge in [0, 0.05) is 26.1 Å². The fourth-order valence-corrected chi connectivity index (χ4v) is 1.43. The van der Waals surface area contributed by atoms with Crippen molar-refractivity contribution in [2.24, 2.45) is 5.84 Å². The van der Waals surface area contributed by atoms with Crippen molar-refractivity contribution in [3.8, 4) is 0 Å². The van der Waals surface area contributed by atoms with Crippen LogP contribution >= 0.6 is 0 Å². The molecule has 3 N–H and O–H groups in total. The third kappa shape index (κ3) is 3.71. The molecule has 1 amide bonds. The van der Waals surface area contributed by atoms with Crippen LogP contribution in [-0.4, -0.2) is 43.2 Å². The minimum atomic E-state index is -0.112. The molecule has 0 aliphatic carbocycles. The Bertz CT molecular complexity index is 175. The van der Waals surface area contributed by atoms with Gasteiger partial charge < -0.3 is 4.74 Å². The number of hydrogen-bond donors (Lipinski definition) is 2. The molecule has 5 nitrogen and oxygen atoms in total. The van der Waals surface area contributed by atoms with Gasteiger partial charge in [-0.1, -0.05) is 0 Å². The molecule has 76 valence electrons. The maximum absolute atomic E-state index is 10.8. The van der Waals surface area contributed by atoms with E-state index in [0.29, 0.717) is 6.42 Å². The minimum Gasteiger partial charge on any atom is -0.376 e. The molecule has 1 atom stereocenters. The number of morpholine rings is 1. The molecule has 0 saturated carbocycles. The molecule has 1 saturated heterocycles. The molecule has 0 radical (unpaired) electrons. The van der Waals surface area contributed by atoms with Crippen LogP contribution in [0.25, 0.3) is 0 Å². The second kappa shape index (κ2) is 5.16. The van der Waals surface area contributed by atoms with E-state index < -0.39 is 0 Å². The number of hydrogen-bond acceptors (Lipinski definition) is 4. The molecule has 0 bridgehead atoms. The van der Waals surface area contributed by atoms with E-state index in [0.717, 1.165) is 26.2 Å². The van der Waals surface area contributed by atoms with Crippen molar-refractivity contribution in [2.75, 3.05) is 26.2 Å². The van der Waals surface area contributed by atoms with Crippen molar-refractivity contribution in [1.82, 2.24) is 10.3 Å². The average Bonchev–Trinajstić information content (AvgIpc) is 2.14. The normalized spacial score (nSPS) is 24.3. The predicted octanol–water partition coefficient (Wildman–Crippen LogP) is -0.913. The Kier molecular flexibility index (Phi) is 4.14. The summed E-state index contributed by atoms with van der Waals surface area (Å²) in [4.78, 5) is 13.1. The standard InChI is InChI=1S/C8H17N3O2/c1-7-6-11(4-5-13-7)3-2-8(12)10-9/h7H,2-6,9H2,1H3,(H,10,12). The van der Waals surface area contributed by atoms with Gasteiger partial charge in [0.15, 0.2) is 0 Å². The average molecular weight is 187 g/mol. The zero-order chi connectivity index (χ0) is 9.68. The van der Waals surface area contributed by atoms with Crippen molar-refractivity contribution in [2.45, 2.75) is 19.4 Å². The molecule has 1 unspecified atom stereocenters. The van der Waals surface area contributed by atoms with E-state index in [1.54, 1.807) is 0 Å². The summed E-state index contributed by atoms with van der Waals surface area (Å²) in [6.45, 7) is 5.36. The quantitative estimate of drug-likeness (QED) is 0.341. The Hall–Kier alpha value is -0.650. The molecule has 0 spiro atoms. The number of rotatable bonds is 3. The van der Waals surface area contributed by atoms with E-state index in [4.69, 9.17) is 10.6 Å². The van der Waals surface area contributed by atoms with Gasteiger partial charge in [0.2, 0.25) is 5.91 Å². The smallest absolute Gasteiger partial charge is 0.235 e. The van der Waals surface area contributed by atoms with E-state index in [-0.39, 0.29) is 12.0 Å². The number of amides is 1. The SMILES string of the molecule is CC1CN(CCC(=O)NN)CCO1. The molecule has 13 heavy (non-hydrogen) atoms. The number of carbonyl (C=O) groups excluding carboxylic acids is 1. The summed E-state index contributed by atoms with van der Waals surface area (Å²) in [6.07, 6.45) is 0.734.